The summed E-state index contributed by atoms with van der Waals surface area (Å²) < 4.78 is 1.94. The highest BCUT2D eigenvalue weighted by Gasteiger charge is 2.26. The van der Waals surface area contributed by atoms with Gasteiger partial charge in [0.15, 0.2) is 0 Å². The van der Waals surface area contributed by atoms with E-state index in [1.807, 2.05) is 4.57 Å². The van der Waals surface area contributed by atoms with E-state index < -0.39 is 12.0 Å². The molecule has 3 rings (SSSR count). The fraction of sp³-hybridized carbons (Fsp3) is 0.444. The standard InChI is InChI=1S/C18H20Cl2N4O2/c1-10(25)4-2-6-14-16(20)15-12(19)8-13(17(21)26)23-18(15)24(14)11-5-3-7-22-9-11/h8,10-11,22,25H,3-5,7,9H2,1H3,(H2,21,26)/t10?,11-/m0/s1. The summed E-state index contributed by atoms with van der Waals surface area (Å²) in [6.45, 7) is 3.37. The van der Waals surface area contributed by atoms with Gasteiger partial charge in [-0.1, -0.05) is 29.1 Å². The predicted molar refractivity (Wildman–Crippen MR) is 103 cm³/mol. The first-order chi connectivity index (χ1) is 12.4. The maximum absolute atomic E-state index is 11.6. The number of carbonyl (C=O) groups excluding carboxylic acids is 1. The molecule has 0 bridgehead atoms. The van der Waals surface area contributed by atoms with Crippen LogP contribution in [-0.2, 0) is 0 Å². The zero-order valence-electron chi connectivity index (χ0n) is 14.4. The van der Waals surface area contributed by atoms with Crippen LogP contribution in [0.25, 0.3) is 11.0 Å². The molecule has 1 aliphatic heterocycles. The second-order valence-electron chi connectivity index (χ2n) is 6.44. The van der Waals surface area contributed by atoms with E-state index in [9.17, 15) is 9.90 Å². The third-order valence-electron chi connectivity index (χ3n) is 4.34. The summed E-state index contributed by atoms with van der Waals surface area (Å²) in [6, 6.07) is 1.51. The predicted octanol–water partition coefficient (Wildman–Crippen LogP) is 2.49. The number of rotatable bonds is 3. The van der Waals surface area contributed by atoms with Gasteiger partial charge in [0.1, 0.15) is 17.0 Å². The van der Waals surface area contributed by atoms with E-state index in [2.05, 4.69) is 22.1 Å². The molecule has 2 atom stereocenters. The van der Waals surface area contributed by atoms with Crippen molar-refractivity contribution in [3.8, 4) is 11.8 Å². The highest BCUT2D eigenvalue weighted by atomic mass is 35.5. The van der Waals surface area contributed by atoms with Gasteiger partial charge >= 0.3 is 0 Å². The Morgan fingerprint density at radius 1 is 1.58 bits per heavy atom. The number of aromatic nitrogens is 2. The van der Waals surface area contributed by atoms with Crippen LogP contribution in [0.5, 0.6) is 0 Å². The quantitative estimate of drug-likeness (QED) is 0.697. The van der Waals surface area contributed by atoms with E-state index in [-0.39, 0.29) is 11.7 Å². The Bertz CT molecular complexity index is 906. The number of aliphatic hydroxyl groups excluding tert-OH is 1. The second-order valence-corrected chi connectivity index (χ2v) is 7.23. The molecule has 0 spiro atoms. The number of nitrogens with two attached hydrogens (primary N) is 1. The van der Waals surface area contributed by atoms with Crippen molar-refractivity contribution in [2.45, 2.75) is 38.3 Å². The lowest BCUT2D eigenvalue weighted by atomic mass is 10.1. The van der Waals surface area contributed by atoms with Crippen molar-refractivity contribution in [1.29, 1.82) is 0 Å². The minimum atomic E-state index is -0.652. The molecule has 1 amide bonds. The molecular weight excluding hydrogens is 375 g/mol. The Morgan fingerprint density at radius 2 is 2.35 bits per heavy atom. The Hall–Kier alpha value is -1.78. The van der Waals surface area contributed by atoms with Crippen molar-refractivity contribution >= 4 is 40.1 Å². The third-order valence-corrected chi connectivity index (χ3v) is 5.01. The van der Waals surface area contributed by atoms with Crippen LogP contribution >= 0.6 is 23.2 Å². The average molecular weight is 395 g/mol. The lowest BCUT2D eigenvalue weighted by Gasteiger charge is -2.25. The number of nitrogens with zero attached hydrogens (tertiary/aromatic N) is 2. The largest absolute Gasteiger partial charge is 0.392 e. The number of pyridine rings is 1. The molecule has 4 N–H and O–H groups in total. The first-order valence-corrected chi connectivity index (χ1v) is 9.23. The van der Waals surface area contributed by atoms with Gasteiger partial charge in [-0.05, 0) is 38.3 Å². The molecule has 6 nitrogen and oxygen atoms in total. The zero-order valence-corrected chi connectivity index (χ0v) is 15.9. The SMILES string of the molecule is CC(O)CC#Cc1c(Cl)c2c(Cl)cc(C(N)=O)nc2n1[C@H]1CCCNC1. The van der Waals surface area contributed by atoms with Crippen molar-refractivity contribution in [2.75, 3.05) is 13.1 Å². The number of hydrogen-bond donors (Lipinski definition) is 3. The maximum atomic E-state index is 11.6. The fourth-order valence-corrected chi connectivity index (χ4v) is 3.80. The van der Waals surface area contributed by atoms with Gasteiger partial charge in [-0.15, -0.1) is 0 Å². The summed E-state index contributed by atoms with van der Waals surface area (Å²) in [5, 5.41) is 14.1. The number of fused-ring (bicyclic) bond motifs is 1. The molecule has 0 aliphatic carbocycles. The van der Waals surface area contributed by atoms with Crippen LogP contribution in [-0.4, -0.2) is 39.8 Å². The molecule has 1 saturated heterocycles. The van der Waals surface area contributed by atoms with Crippen molar-refractivity contribution in [3.05, 3.63) is 27.5 Å². The van der Waals surface area contributed by atoms with Gasteiger partial charge in [0.05, 0.1) is 21.5 Å². The molecule has 3 heterocycles. The molecule has 1 aliphatic rings. The molecule has 0 saturated carbocycles. The molecule has 138 valence electrons. The molecule has 8 heteroatoms. The Morgan fingerprint density at radius 3 is 2.96 bits per heavy atom. The van der Waals surface area contributed by atoms with Crippen LogP contribution in [0.1, 0.15) is 48.4 Å². The van der Waals surface area contributed by atoms with E-state index in [1.54, 1.807) is 6.92 Å². The minimum Gasteiger partial charge on any atom is -0.392 e. The van der Waals surface area contributed by atoms with Gasteiger partial charge in [-0.2, -0.15) is 0 Å². The molecule has 1 unspecified atom stereocenters. The van der Waals surface area contributed by atoms with Crippen molar-refractivity contribution < 1.29 is 9.90 Å². The monoisotopic (exact) mass is 394 g/mol. The highest BCUT2D eigenvalue weighted by Crippen LogP contribution is 2.38. The number of piperidine rings is 1. The molecule has 26 heavy (non-hydrogen) atoms. The normalized spacial score (nSPS) is 18.4. The van der Waals surface area contributed by atoms with Gasteiger partial charge in [0.2, 0.25) is 0 Å². The number of amides is 1. The summed E-state index contributed by atoms with van der Waals surface area (Å²) in [5.41, 5.74) is 6.57. The molecule has 1 fully saturated rings. The molecule has 2 aromatic heterocycles. The average Bonchev–Trinajstić information content (AvgIpc) is 2.88. The van der Waals surface area contributed by atoms with E-state index in [1.165, 1.54) is 6.07 Å². The number of halogens is 2. The van der Waals surface area contributed by atoms with Crippen molar-refractivity contribution in [1.82, 2.24) is 14.9 Å². The second kappa shape index (κ2) is 7.85. The molecule has 0 aromatic carbocycles. The summed E-state index contributed by atoms with van der Waals surface area (Å²) in [7, 11) is 0. The van der Waals surface area contributed by atoms with Crippen molar-refractivity contribution in [3.63, 3.8) is 0 Å². The van der Waals surface area contributed by atoms with Crippen molar-refractivity contribution in [2.24, 2.45) is 5.73 Å². The number of nitrogens with one attached hydrogen (secondary N) is 1. The minimum absolute atomic E-state index is 0.0845. The zero-order chi connectivity index (χ0) is 18.8. The van der Waals surface area contributed by atoms with E-state index in [0.717, 1.165) is 25.9 Å². The van der Waals surface area contributed by atoms with Crippen LogP contribution in [0.3, 0.4) is 0 Å². The summed E-state index contributed by atoms with van der Waals surface area (Å²) in [5.74, 6) is 5.35. The van der Waals surface area contributed by atoms with E-state index >= 15 is 0 Å². The van der Waals surface area contributed by atoms with Gasteiger partial charge < -0.3 is 20.7 Å². The van der Waals surface area contributed by atoms with Crippen LogP contribution < -0.4 is 11.1 Å². The van der Waals surface area contributed by atoms with Crippen LogP contribution in [0, 0.1) is 11.8 Å². The fourth-order valence-electron chi connectivity index (χ4n) is 3.14. The molecular formula is C18H20Cl2N4O2. The third kappa shape index (κ3) is 3.67. The van der Waals surface area contributed by atoms with Gasteiger partial charge in [0, 0.05) is 19.0 Å². The first kappa shape index (κ1) is 19.0. The smallest absolute Gasteiger partial charge is 0.267 e. The lowest BCUT2D eigenvalue weighted by Crippen LogP contribution is -2.32. The number of aliphatic hydroxyl groups is 1. The Kier molecular flexibility index (Phi) is 5.73. The number of primary amides is 1. The lowest BCUT2D eigenvalue weighted by molar-refractivity contribution is 0.0996. The number of hydrogen-bond acceptors (Lipinski definition) is 4. The van der Waals surface area contributed by atoms with Crippen LogP contribution in [0.4, 0.5) is 0 Å². The van der Waals surface area contributed by atoms with E-state index in [4.69, 9.17) is 28.9 Å². The number of carbonyl (C=O) groups is 1. The summed E-state index contributed by atoms with van der Waals surface area (Å²) >= 11 is 13.0. The van der Waals surface area contributed by atoms with Crippen LogP contribution in [0.15, 0.2) is 6.07 Å². The van der Waals surface area contributed by atoms with Gasteiger partial charge in [-0.3, -0.25) is 4.79 Å². The Labute approximate surface area is 161 Å². The summed E-state index contributed by atoms with van der Waals surface area (Å²) in [6.07, 6.45) is 1.73. The molecule has 0 radical (unpaired) electrons. The highest BCUT2D eigenvalue weighted by molar-refractivity contribution is 6.43. The summed E-state index contributed by atoms with van der Waals surface area (Å²) in [4.78, 5) is 16.0. The van der Waals surface area contributed by atoms with Gasteiger partial charge in [0.25, 0.3) is 5.91 Å². The first-order valence-electron chi connectivity index (χ1n) is 8.47. The van der Waals surface area contributed by atoms with Gasteiger partial charge in [-0.25, -0.2) is 4.98 Å². The molecule has 2 aromatic rings. The van der Waals surface area contributed by atoms with Crippen LogP contribution in [0.2, 0.25) is 10.0 Å². The topological polar surface area (TPSA) is 93.2 Å². The van der Waals surface area contributed by atoms with E-state index in [0.29, 0.717) is 33.2 Å². The maximum Gasteiger partial charge on any atom is 0.267 e. The Balaban J connectivity index is 2.25.